The van der Waals surface area contributed by atoms with Gasteiger partial charge in [-0.15, -0.1) is 0 Å². The highest BCUT2D eigenvalue weighted by molar-refractivity contribution is 6.07. The van der Waals surface area contributed by atoms with Gasteiger partial charge in [0.1, 0.15) is 0 Å². The SMILES string of the molecule is CC1N=C(N(CCO)CCO)NN=C1c1ccccc1. The van der Waals surface area contributed by atoms with Crippen molar-refractivity contribution in [2.75, 3.05) is 26.3 Å². The Balaban J connectivity index is 2.12. The fourth-order valence-corrected chi connectivity index (χ4v) is 2.11. The van der Waals surface area contributed by atoms with Crippen LogP contribution in [-0.4, -0.2) is 59.1 Å². The zero-order valence-corrected chi connectivity index (χ0v) is 11.5. The molecule has 2 rings (SSSR count). The van der Waals surface area contributed by atoms with Crippen LogP contribution in [0.1, 0.15) is 12.5 Å². The molecule has 1 atom stereocenters. The van der Waals surface area contributed by atoms with E-state index in [9.17, 15) is 0 Å². The van der Waals surface area contributed by atoms with Crippen LogP contribution in [0, 0.1) is 0 Å². The monoisotopic (exact) mass is 276 g/mol. The van der Waals surface area contributed by atoms with Gasteiger partial charge in [0.05, 0.1) is 25.0 Å². The Morgan fingerprint density at radius 1 is 1.15 bits per heavy atom. The summed E-state index contributed by atoms with van der Waals surface area (Å²) in [6.45, 7) is 2.81. The first-order valence-electron chi connectivity index (χ1n) is 6.69. The maximum Gasteiger partial charge on any atom is 0.215 e. The maximum absolute atomic E-state index is 9.05. The smallest absolute Gasteiger partial charge is 0.215 e. The zero-order chi connectivity index (χ0) is 14.4. The van der Waals surface area contributed by atoms with Crippen molar-refractivity contribution >= 4 is 11.7 Å². The van der Waals surface area contributed by atoms with Gasteiger partial charge in [-0.25, -0.2) is 10.4 Å². The molecule has 3 N–H and O–H groups in total. The fourth-order valence-electron chi connectivity index (χ4n) is 2.11. The van der Waals surface area contributed by atoms with E-state index in [0.717, 1.165) is 11.3 Å². The summed E-state index contributed by atoms with van der Waals surface area (Å²) in [5.41, 5.74) is 4.82. The van der Waals surface area contributed by atoms with Gasteiger partial charge in [-0.2, -0.15) is 5.10 Å². The predicted molar refractivity (Wildman–Crippen MR) is 78.8 cm³/mol. The van der Waals surface area contributed by atoms with Crippen LogP contribution in [0.2, 0.25) is 0 Å². The van der Waals surface area contributed by atoms with Gasteiger partial charge in [0.25, 0.3) is 0 Å². The van der Waals surface area contributed by atoms with Crippen LogP contribution in [0.5, 0.6) is 0 Å². The van der Waals surface area contributed by atoms with Crippen LogP contribution in [0.15, 0.2) is 40.4 Å². The maximum atomic E-state index is 9.05. The van der Waals surface area contributed by atoms with Crippen LogP contribution in [0.25, 0.3) is 0 Å². The van der Waals surface area contributed by atoms with Gasteiger partial charge in [-0.05, 0) is 12.5 Å². The third kappa shape index (κ3) is 3.34. The van der Waals surface area contributed by atoms with E-state index >= 15 is 0 Å². The quantitative estimate of drug-likeness (QED) is 0.708. The number of rotatable bonds is 5. The summed E-state index contributed by atoms with van der Waals surface area (Å²) in [7, 11) is 0. The Morgan fingerprint density at radius 3 is 2.35 bits per heavy atom. The molecule has 1 unspecified atom stereocenters. The number of nitrogens with zero attached hydrogens (tertiary/aromatic N) is 3. The second-order valence-corrected chi connectivity index (χ2v) is 4.54. The van der Waals surface area contributed by atoms with E-state index in [0.29, 0.717) is 19.0 Å². The number of hydrazone groups is 1. The Labute approximate surface area is 118 Å². The molecule has 20 heavy (non-hydrogen) atoms. The number of aliphatic hydroxyl groups is 2. The Hall–Kier alpha value is -1.92. The molecule has 6 heteroatoms. The molecule has 6 nitrogen and oxygen atoms in total. The average Bonchev–Trinajstić information content (AvgIpc) is 2.48. The van der Waals surface area contributed by atoms with E-state index in [1.807, 2.05) is 37.3 Å². The number of hydrogen-bond acceptors (Lipinski definition) is 6. The first kappa shape index (κ1) is 14.5. The fraction of sp³-hybridized carbons (Fsp3) is 0.429. The van der Waals surface area contributed by atoms with Crippen molar-refractivity contribution in [2.45, 2.75) is 13.0 Å². The molecule has 0 saturated heterocycles. The minimum Gasteiger partial charge on any atom is -0.395 e. The third-order valence-corrected chi connectivity index (χ3v) is 3.10. The lowest BCUT2D eigenvalue weighted by atomic mass is 10.0. The summed E-state index contributed by atoms with van der Waals surface area (Å²) < 4.78 is 0. The molecule has 0 radical (unpaired) electrons. The molecule has 0 saturated carbocycles. The third-order valence-electron chi connectivity index (χ3n) is 3.10. The molecular formula is C14H20N4O2. The minimum absolute atomic E-state index is 0.00430. The first-order valence-corrected chi connectivity index (χ1v) is 6.69. The van der Waals surface area contributed by atoms with Crippen molar-refractivity contribution in [1.29, 1.82) is 0 Å². The van der Waals surface area contributed by atoms with E-state index in [2.05, 4.69) is 15.5 Å². The molecule has 0 bridgehead atoms. The van der Waals surface area contributed by atoms with Gasteiger partial charge in [-0.3, -0.25) is 0 Å². The molecule has 1 aromatic carbocycles. The minimum atomic E-state index is -0.0754. The lowest BCUT2D eigenvalue weighted by Crippen LogP contribution is -2.46. The number of hydrogen-bond donors (Lipinski definition) is 3. The number of aliphatic imine (C=N–C) groups is 1. The molecule has 0 amide bonds. The van der Waals surface area contributed by atoms with Crippen molar-refractivity contribution in [3.63, 3.8) is 0 Å². The van der Waals surface area contributed by atoms with Crippen LogP contribution in [0.3, 0.4) is 0 Å². The number of guanidine groups is 1. The molecule has 0 aromatic heterocycles. The summed E-state index contributed by atoms with van der Waals surface area (Å²) in [5.74, 6) is 0.584. The van der Waals surface area contributed by atoms with Crippen molar-refractivity contribution in [2.24, 2.45) is 10.1 Å². The lowest BCUT2D eigenvalue weighted by Gasteiger charge is -2.28. The second kappa shape index (κ2) is 7.02. The topological polar surface area (TPSA) is 80.5 Å². The molecular weight excluding hydrogens is 256 g/mol. The molecule has 0 fully saturated rings. The van der Waals surface area contributed by atoms with E-state index in [1.54, 1.807) is 4.90 Å². The summed E-state index contributed by atoms with van der Waals surface area (Å²) in [6, 6.07) is 9.81. The highest BCUT2D eigenvalue weighted by Crippen LogP contribution is 2.11. The van der Waals surface area contributed by atoms with Crippen molar-refractivity contribution < 1.29 is 10.2 Å². The van der Waals surface area contributed by atoms with Crippen LogP contribution in [-0.2, 0) is 0 Å². The van der Waals surface area contributed by atoms with E-state index in [4.69, 9.17) is 10.2 Å². The van der Waals surface area contributed by atoms with E-state index < -0.39 is 0 Å². The summed E-state index contributed by atoms with van der Waals surface area (Å²) >= 11 is 0. The molecule has 1 aromatic rings. The largest absolute Gasteiger partial charge is 0.395 e. The van der Waals surface area contributed by atoms with Crippen molar-refractivity contribution in [1.82, 2.24) is 10.3 Å². The summed E-state index contributed by atoms with van der Waals surface area (Å²) in [6.07, 6.45) is 0. The number of aliphatic hydroxyl groups excluding tert-OH is 2. The van der Waals surface area contributed by atoms with E-state index in [-0.39, 0.29) is 19.3 Å². The standard InChI is InChI=1S/C14H20N4O2/c1-11-13(12-5-3-2-4-6-12)16-17-14(15-11)18(7-9-19)8-10-20/h2-6,11,19-20H,7-10H2,1H3,(H,15,17). The Kier molecular flexibility index (Phi) is 5.09. The first-order chi connectivity index (χ1) is 9.76. The number of benzene rings is 1. The van der Waals surface area contributed by atoms with Gasteiger partial charge >= 0.3 is 0 Å². The van der Waals surface area contributed by atoms with Gasteiger partial charge in [0, 0.05) is 13.1 Å². The van der Waals surface area contributed by atoms with Gasteiger partial charge in [-0.1, -0.05) is 30.3 Å². The van der Waals surface area contributed by atoms with Crippen molar-refractivity contribution in [3.8, 4) is 0 Å². The van der Waals surface area contributed by atoms with Gasteiger partial charge < -0.3 is 15.1 Å². The summed E-state index contributed by atoms with van der Waals surface area (Å²) in [5, 5.41) is 22.5. The second-order valence-electron chi connectivity index (χ2n) is 4.54. The van der Waals surface area contributed by atoms with Crippen LogP contribution in [0.4, 0.5) is 0 Å². The van der Waals surface area contributed by atoms with Crippen LogP contribution < -0.4 is 5.43 Å². The van der Waals surface area contributed by atoms with Crippen LogP contribution >= 0.6 is 0 Å². The average molecular weight is 276 g/mol. The van der Waals surface area contributed by atoms with Gasteiger partial charge in [0.15, 0.2) is 0 Å². The highest BCUT2D eigenvalue weighted by atomic mass is 16.3. The molecule has 1 aliphatic rings. The normalized spacial score (nSPS) is 18.1. The Bertz CT molecular complexity index is 481. The molecule has 0 aliphatic carbocycles. The Morgan fingerprint density at radius 2 is 1.80 bits per heavy atom. The predicted octanol–water partition coefficient (Wildman–Crippen LogP) is 0.0250. The number of nitrogens with one attached hydrogen (secondary N) is 1. The molecule has 0 spiro atoms. The zero-order valence-electron chi connectivity index (χ0n) is 11.5. The summed E-state index contributed by atoms with van der Waals surface area (Å²) in [4.78, 5) is 6.34. The van der Waals surface area contributed by atoms with E-state index in [1.165, 1.54) is 0 Å². The molecule has 1 heterocycles. The molecule has 1 aliphatic heterocycles. The van der Waals surface area contributed by atoms with Gasteiger partial charge in [0.2, 0.25) is 5.96 Å². The lowest BCUT2D eigenvalue weighted by molar-refractivity contribution is 0.208. The highest BCUT2D eigenvalue weighted by Gasteiger charge is 2.20. The molecule has 108 valence electrons. The van der Waals surface area contributed by atoms with Crippen molar-refractivity contribution in [3.05, 3.63) is 35.9 Å².